The summed E-state index contributed by atoms with van der Waals surface area (Å²) in [5.41, 5.74) is 3.62. The summed E-state index contributed by atoms with van der Waals surface area (Å²) >= 11 is 1.45. The number of likely N-dealkylation sites (tertiary alicyclic amines) is 1. The van der Waals surface area contributed by atoms with Gasteiger partial charge in [-0.2, -0.15) is 5.21 Å². The van der Waals surface area contributed by atoms with Gasteiger partial charge in [0.25, 0.3) is 5.91 Å². The summed E-state index contributed by atoms with van der Waals surface area (Å²) in [6.07, 6.45) is 8.15. The number of amides is 2. The summed E-state index contributed by atoms with van der Waals surface area (Å²) in [6.45, 7) is 16.0. The lowest BCUT2D eigenvalue weighted by Crippen LogP contribution is -2.56. The Hall–Kier alpha value is -4.97. The molecule has 2 amide bonds. The van der Waals surface area contributed by atoms with E-state index in [0.29, 0.717) is 36.0 Å². The molecule has 0 spiro atoms. The van der Waals surface area contributed by atoms with Crippen LogP contribution in [-0.4, -0.2) is 75.6 Å². The Kier molecular flexibility index (Phi) is 13.2. The predicted octanol–water partition coefficient (Wildman–Crippen LogP) is 7.38. The van der Waals surface area contributed by atoms with E-state index in [4.69, 9.17) is 4.74 Å². The summed E-state index contributed by atoms with van der Waals surface area (Å²) in [5.74, 6) is 1.52. The number of benzene rings is 2. The molecule has 0 aliphatic carbocycles. The van der Waals surface area contributed by atoms with E-state index in [1.54, 1.807) is 11.1 Å². The Balaban J connectivity index is 1.23. The molecule has 2 aromatic heterocycles. The Bertz CT molecular complexity index is 1830. The number of ether oxygens (including phenoxy) is 1. The van der Waals surface area contributed by atoms with Crippen LogP contribution >= 0.6 is 11.3 Å². The molecule has 0 radical (unpaired) electrons. The Morgan fingerprint density at radius 3 is 2.38 bits per heavy atom. The molecule has 2 N–H and O–H groups in total. The fraction of sp³-hybridized carbons (Fsp3) is 0.425. The normalized spacial score (nSPS) is 14.5. The molecule has 12 heteroatoms. The number of allylic oxidation sites excluding steroid dienone is 1. The number of nitrogens with zero attached hydrogens (tertiary/aromatic N) is 6. The molecule has 4 aromatic rings. The smallest absolute Gasteiger partial charge is 0.262 e. The fourth-order valence-electron chi connectivity index (χ4n) is 5.85. The van der Waals surface area contributed by atoms with Gasteiger partial charge in [0.05, 0.1) is 17.4 Å². The number of H-pyrrole nitrogens is 1. The average Bonchev–Trinajstić information content (AvgIpc) is 3.84. The molecule has 5 rings (SSSR count). The number of aromatic nitrogens is 4. The number of thiophene rings is 1. The van der Waals surface area contributed by atoms with Crippen LogP contribution < -0.4 is 10.1 Å². The first-order chi connectivity index (χ1) is 25.0. The third-order valence-electron chi connectivity index (χ3n) is 9.10. The predicted molar refractivity (Wildman–Crippen MR) is 208 cm³/mol. The molecule has 0 saturated carbocycles. The van der Waals surface area contributed by atoms with Gasteiger partial charge in [-0.25, -0.2) is 9.98 Å². The number of aliphatic imine (C=N–C) groups is 2. The van der Waals surface area contributed by atoms with Crippen LogP contribution in [0.5, 0.6) is 5.75 Å². The van der Waals surface area contributed by atoms with Crippen molar-refractivity contribution in [3.63, 3.8) is 0 Å². The van der Waals surface area contributed by atoms with Crippen molar-refractivity contribution >= 4 is 41.3 Å². The van der Waals surface area contributed by atoms with Gasteiger partial charge >= 0.3 is 0 Å². The highest BCUT2D eigenvalue weighted by Crippen LogP contribution is 2.30. The third kappa shape index (κ3) is 10.3. The third-order valence-corrected chi connectivity index (χ3v) is 10.6. The van der Waals surface area contributed by atoms with Crippen molar-refractivity contribution < 1.29 is 14.3 Å². The zero-order chi connectivity index (χ0) is 37.1. The molecule has 0 unspecified atom stereocenters. The average molecular weight is 723 g/mol. The summed E-state index contributed by atoms with van der Waals surface area (Å²) in [7, 11) is 0. The second-order valence-electron chi connectivity index (χ2n) is 14.3. The molecule has 2 aromatic carbocycles. The number of tetrazole rings is 1. The van der Waals surface area contributed by atoms with Gasteiger partial charge in [-0.3, -0.25) is 9.59 Å². The number of rotatable bonds is 16. The molecule has 274 valence electrons. The minimum Gasteiger partial charge on any atom is -0.494 e. The summed E-state index contributed by atoms with van der Waals surface area (Å²) in [4.78, 5) is 39.4. The topological polar surface area (TPSA) is 138 Å². The highest BCUT2D eigenvalue weighted by Gasteiger charge is 2.38. The monoisotopic (exact) mass is 722 g/mol. The first kappa shape index (κ1) is 38.3. The molecule has 1 aliphatic heterocycles. The maximum absolute atomic E-state index is 13.8. The van der Waals surface area contributed by atoms with E-state index in [1.807, 2.05) is 67.6 Å². The number of hydrogen-bond donors (Lipinski definition) is 2. The zero-order valence-electron chi connectivity index (χ0n) is 30.9. The molecular weight excluding hydrogens is 673 g/mol. The standard InChI is InChI=1S/C40H50N8O3S/c1-7-8-9-10-11-22-51-32-18-16-29(17-19-32)27(2)24-42-36(41-6)30-14-12-28(13-15-30)23-33(39(50)48-25-31(26-48)37-44-46-47-45-37)43-38(49)34-20-21-35(52-34)40(3,4)5/h12-21,24,31,33H,6-11,22-23,25-26H2,1-5H3,(H,43,49)(H,44,45,46,47)/b27-24+,42-36?/t33-/m0/s1. The number of carbonyl (C=O) groups excluding carboxylic acids is 2. The van der Waals surface area contributed by atoms with Crippen molar-refractivity contribution in [3.05, 3.63) is 99.1 Å². The van der Waals surface area contributed by atoms with E-state index in [9.17, 15) is 9.59 Å². The van der Waals surface area contributed by atoms with Gasteiger partial charge in [-0.05, 0) is 66.4 Å². The quantitative estimate of drug-likeness (QED) is 0.0703. The van der Waals surface area contributed by atoms with Gasteiger partial charge in [-0.1, -0.05) is 95.0 Å². The van der Waals surface area contributed by atoms with Crippen LogP contribution in [0, 0.1) is 0 Å². The number of hydrogen-bond acceptors (Lipinski definition) is 8. The molecule has 52 heavy (non-hydrogen) atoms. The second kappa shape index (κ2) is 18.0. The van der Waals surface area contributed by atoms with E-state index in [2.05, 4.69) is 70.3 Å². The molecule has 0 bridgehead atoms. The fourth-order valence-corrected chi connectivity index (χ4v) is 6.82. The van der Waals surface area contributed by atoms with Gasteiger partial charge in [0, 0.05) is 36.2 Å². The lowest BCUT2D eigenvalue weighted by Gasteiger charge is -2.39. The van der Waals surface area contributed by atoms with Gasteiger partial charge in [0.15, 0.2) is 11.7 Å². The summed E-state index contributed by atoms with van der Waals surface area (Å²) in [6, 6.07) is 18.8. The van der Waals surface area contributed by atoms with Crippen LogP contribution in [-0.2, 0) is 16.6 Å². The largest absolute Gasteiger partial charge is 0.494 e. The highest BCUT2D eigenvalue weighted by atomic mass is 32.1. The van der Waals surface area contributed by atoms with Crippen LogP contribution in [0.1, 0.15) is 110 Å². The van der Waals surface area contributed by atoms with Crippen molar-refractivity contribution in [1.29, 1.82) is 0 Å². The van der Waals surface area contributed by atoms with Gasteiger partial charge in [0.1, 0.15) is 11.8 Å². The Morgan fingerprint density at radius 2 is 1.75 bits per heavy atom. The van der Waals surface area contributed by atoms with Crippen molar-refractivity contribution in [1.82, 2.24) is 30.8 Å². The molecule has 1 atom stereocenters. The second-order valence-corrected chi connectivity index (χ2v) is 15.3. The maximum atomic E-state index is 13.8. The van der Waals surface area contributed by atoms with Gasteiger partial charge in [0.2, 0.25) is 5.91 Å². The number of amidine groups is 1. The number of carbonyl (C=O) groups is 2. The lowest BCUT2D eigenvalue weighted by molar-refractivity contribution is -0.137. The van der Waals surface area contributed by atoms with Gasteiger partial charge < -0.3 is 15.0 Å². The first-order valence-corrected chi connectivity index (χ1v) is 18.8. The van der Waals surface area contributed by atoms with Crippen molar-refractivity contribution in [3.8, 4) is 5.75 Å². The minimum atomic E-state index is -0.761. The zero-order valence-corrected chi connectivity index (χ0v) is 31.7. The van der Waals surface area contributed by atoms with Crippen molar-refractivity contribution in [2.24, 2.45) is 9.98 Å². The van der Waals surface area contributed by atoms with E-state index in [-0.39, 0.29) is 23.1 Å². The molecule has 1 saturated heterocycles. The van der Waals surface area contributed by atoms with E-state index >= 15 is 0 Å². The van der Waals surface area contributed by atoms with Gasteiger partial charge in [-0.15, -0.1) is 21.5 Å². The van der Waals surface area contributed by atoms with Crippen LogP contribution in [0.2, 0.25) is 0 Å². The van der Waals surface area contributed by atoms with Crippen LogP contribution in [0.3, 0.4) is 0 Å². The van der Waals surface area contributed by atoms with E-state index < -0.39 is 6.04 Å². The van der Waals surface area contributed by atoms with Crippen LogP contribution in [0.15, 0.2) is 76.8 Å². The molecule has 11 nitrogen and oxygen atoms in total. The first-order valence-electron chi connectivity index (χ1n) is 18.0. The van der Waals surface area contributed by atoms with Crippen molar-refractivity contribution in [2.45, 2.75) is 90.5 Å². The van der Waals surface area contributed by atoms with Crippen LogP contribution in [0.4, 0.5) is 0 Å². The maximum Gasteiger partial charge on any atom is 0.262 e. The molecule has 1 aliphatic rings. The van der Waals surface area contributed by atoms with Crippen molar-refractivity contribution in [2.75, 3.05) is 19.7 Å². The van der Waals surface area contributed by atoms with E-state index in [1.165, 1.54) is 37.0 Å². The summed E-state index contributed by atoms with van der Waals surface area (Å²) in [5, 5.41) is 17.3. The number of unbranched alkanes of at least 4 members (excludes halogenated alkanes) is 4. The summed E-state index contributed by atoms with van der Waals surface area (Å²) < 4.78 is 5.91. The Labute approximate surface area is 310 Å². The molecule has 1 fully saturated rings. The van der Waals surface area contributed by atoms with Crippen LogP contribution in [0.25, 0.3) is 5.57 Å². The molecular formula is C40H50N8O3S. The Morgan fingerprint density at radius 1 is 1.04 bits per heavy atom. The molecule has 3 heterocycles. The SMILES string of the molecule is C=NC(=N/C=C(\C)c1ccc(OCCCCCCC)cc1)c1ccc(C[C@H](NC(=O)c2ccc(C(C)(C)C)s2)C(=O)N2CC(c3nn[nH]n3)C2)cc1. The number of nitrogens with one attached hydrogen (secondary N) is 2. The highest BCUT2D eigenvalue weighted by molar-refractivity contribution is 7.14. The lowest BCUT2D eigenvalue weighted by atomic mass is 9.95. The number of aromatic amines is 1. The minimum absolute atomic E-state index is 0.00931. The van der Waals surface area contributed by atoms with E-state index in [0.717, 1.165) is 45.9 Å².